The van der Waals surface area contributed by atoms with E-state index in [1.54, 1.807) is 0 Å². The lowest BCUT2D eigenvalue weighted by Crippen LogP contribution is -2.74. The van der Waals surface area contributed by atoms with Gasteiger partial charge < -0.3 is 9.94 Å². The minimum Gasteiger partial charge on any atom is -0.616 e. The Balaban J connectivity index is 1.24. The second-order valence-corrected chi connectivity index (χ2v) is 11.8. The van der Waals surface area contributed by atoms with E-state index in [1.807, 2.05) is 86.6 Å². The van der Waals surface area contributed by atoms with Gasteiger partial charge in [0.1, 0.15) is 22.8 Å². The lowest BCUT2D eigenvalue weighted by atomic mass is 9.25. The van der Waals surface area contributed by atoms with Crippen molar-refractivity contribution in [2.75, 3.05) is 0 Å². The molecule has 35 heavy (non-hydrogen) atoms. The molecule has 0 aromatic heterocycles. The second-order valence-electron chi connectivity index (χ2n) is 11.8. The van der Waals surface area contributed by atoms with Crippen LogP contribution in [-0.4, -0.2) is 5.97 Å². The molecule has 6 saturated carbocycles. The maximum Gasteiger partial charge on any atom is 0.317 e. The molecular formula is C31H31NO3. The van der Waals surface area contributed by atoms with Crippen LogP contribution in [-0.2, 0) is 4.79 Å². The van der Waals surface area contributed by atoms with E-state index in [1.165, 1.54) is 12.8 Å². The highest BCUT2D eigenvalue weighted by molar-refractivity contribution is 5.82. The molecule has 2 atom stereocenters. The zero-order valence-electron chi connectivity index (χ0n) is 20.4. The van der Waals surface area contributed by atoms with Crippen LogP contribution in [0.25, 0.3) is 0 Å². The molecular weight excluding hydrogens is 434 g/mol. The molecule has 4 heteroatoms. The molecule has 6 aliphatic rings. The molecule has 6 aliphatic carbocycles. The zero-order chi connectivity index (χ0) is 24.0. The number of hydrogen-bond donors (Lipinski definition) is 0. The summed E-state index contributed by atoms with van der Waals surface area (Å²) in [5.41, 5.74) is 3.71. The largest absolute Gasteiger partial charge is 0.616 e. The van der Waals surface area contributed by atoms with Crippen molar-refractivity contribution in [3.8, 4) is 5.75 Å². The Labute approximate surface area is 206 Å². The van der Waals surface area contributed by atoms with Gasteiger partial charge in [0.25, 0.3) is 0 Å². The normalized spacial score (nSPS) is 31.9. The third-order valence-electron chi connectivity index (χ3n) is 9.73. The van der Waals surface area contributed by atoms with Gasteiger partial charge in [-0.1, -0.05) is 36.4 Å². The van der Waals surface area contributed by atoms with Crippen LogP contribution in [0.1, 0.15) is 43.2 Å². The first-order chi connectivity index (χ1) is 16.8. The number of rotatable bonds is 5. The van der Waals surface area contributed by atoms with Crippen molar-refractivity contribution in [3.63, 3.8) is 0 Å². The van der Waals surface area contributed by atoms with Crippen molar-refractivity contribution >= 4 is 23.0 Å². The molecule has 4 nitrogen and oxygen atoms in total. The Kier molecular flexibility index (Phi) is 4.30. The average Bonchev–Trinajstić information content (AvgIpc) is 2.85. The van der Waals surface area contributed by atoms with Crippen LogP contribution in [0.3, 0.4) is 0 Å². The average molecular weight is 466 g/mol. The quantitative estimate of drug-likeness (QED) is 0.170. The Morgan fingerprint density at radius 2 is 1.34 bits per heavy atom. The third-order valence-corrected chi connectivity index (χ3v) is 9.73. The van der Waals surface area contributed by atoms with E-state index in [-0.39, 0.29) is 11.4 Å². The summed E-state index contributed by atoms with van der Waals surface area (Å²) < 4.78 is 5.50. The van der Waals surface area contributed by atoms with Crippen LogP contribution in [0.4, 0.5) is 17.1 Å². The van der Waals surface area contributed by atoms with Gasteiger partial charge in [0.05, 0.1) is 5.41 Å². The van der Waals surface area contributed by atoms with Crippen LogP contribution in [0.15, 0.2) is 72.8 Å². The maximum atomic E-state index is 14.6. The van der Waals surface area contributed by atoms with Crippen molar-refractivity contribution in [2.24, 2.45) is 28.6 Å². The van der Waals surface area contributed by atoms with Crippen molar-refractivity contribution < 1.29 is 9.53 Å². The Hall–Kier alpha value is -2.95. The van der Waals surface area contributed by atoms with Gasteiger partial charge in [-0.05, 0) is 80.2 Å². The Morgan fingerprint density at radius 3 is 1.83 bits per heavy atom. The van der Waals surface area contributed by atoms with Crippen LogP contribution >= 0.6 is 0 Å². The first kappa shape index (κ1) is 21.3. The second kappa shape index (κ2) is 7.05. The number of benzene rings is 3. The van der Waals surface area contributed by atoms with E-state index in [9.17, 15) is 10.0 Å². The minimum absolute atomic E-state index is 0.0395. The van der Waals surface area contributed by atoms with Crippen molar-refractivity contribution in [1.29, 1.82) is 0 Å². The fourth-order valence-electron chi connectivity index (χ4n) is 8.72. The summed E-state index contributed by atoms with van der Waals surface area (Å²) in [6.07, 6.45) is 5.70. The van der Waals surface area contributed by atoms with Crippen LogP contribution in [0, 0.1) is 47.6 Å². The summed E-state index contributed by atoms with van der Waals surface area (Å²) >= 11 is 0. The van der Waals surface area contributed by atoms with E-state index in [0.717, 1.165) is 48.1 Å². The van der Waals surface area contributed by atoms with Crippen LogP contribution < -0.4 is 9.38 Å². The number of carbonyl (C=O) groups excluding carboxylic acids is 1. The van der Waals surface area contributed by atoms with E-state index < -0.39 is 4.65 Å². The van der Waals surface area contributed by atoms with E-state index in [0.29, 0.717) is 28.2 Å². The minimum atomic E-state index is -0.700. The van der Waals surface area contributed by atoms with Gasteiger partial charge in [-0.15, -0.1) is 0 Å². The van der Waals surface area contributed by atoms with Gasteiger partial charge in [-0.25, -0.2) is 0 Å². The highest BCUT2D eigenvalue weighted by Gasteiger charge is 2.77. The number of nitrogens with zero attached hydrogens (tertiary/aromatic N) is 1. The zero-order valence-corrected chi connectivity index (χ0v) is 20.4. The van der Waals surface area contributed by atoms with Crippen LogP contribution in [0.2, 0.25) is 0 Å². The van der Waals surface area contributed by atoms with Crippen molar-refractivity contribution in [1.82, 2.24) is 4.65 Å². The fraction of sp³-hybridized carbons (Fsp3) is 0.387. The molecule has 6 fully saturated rings. The summed E-state index contributed by atoms with van der Waals surface area (Å²) in [7, 11) is 0. The molecule has 2 unspecified atom stereocenters. The summed E-state index contributed by atoms with van der Waals surface area (Å²) in [5.74, 6) is 2.96. The fourth-order valence-corrected chi connectivity index (χ4v) is 8.72. The van der Waals surface area contributed by atoms with Gasteiger partial charge in [0.15, 0.2) is 0 Å². The Bertz CT molecular complexity index is 1250. The third kappa shape index (κ3) is 2.78. The van der Waals surface area contributed by atoms with E-state index in [4.69, 9.17) is 4.74 Å². The maximum absolute atomic E-state index is 14.6. The highest BCUT2D eigenvalue weighted by Crippen LogP contribution is 2.82. The summed E-state index contributed by atoms with van der Waals surface area (Å²) in [6.45, 7) is 3.89. The van der Waals surface area contributed by atoms with E-state index in [2.05, 4.69) is 0 Å². The number of para-hydroxylation sites is 2. The first-order valence-electron chi connectivity index (χ1n) is 12.9. The lowest BCUT2D eigenvalue weighted by molar-refractivity contribution is -0.304. The van der Waals surface area contributed by atoms with Crippen molar-refractivity contribution in [3.05, 3.63) is 89.1 Å². The number of hydrogen-bond acceptors (Lipinski definition) is 3. The predicted molar refractivity (Wildman–Crippen MR) is 137 cm³/mol. The summed E-state index contributed by atoms with van der Waals surface area (Å²) in [4.78, 5) is 13.6. The molecule has 0 aliphatic heterocycles. The van der Waals surface area contributed by atoms with E-state index >= 15 is 0 Å². The van der Waals surface area contributed by atoms with Gasteiger partial charge in [0, 0.05) is 36.4 Å². The van der Waals surface area contributed by atoms with Gasteiger partial charge in [0.2, 0.25) is 0 Å². The Morgan fingerprint density at radius 1 is 0.829 bits per heavy atom. The van der Waals surface area contributed by atoms with Crippen LogP contribution in [0.5, 0.6) is 5.75 Å². The predicted octanol–water partition coefficient (Wildman–Crippen LogP) is 7.50. The topological polar surface area (TPSA) is 49.4 Å². The van der Waals surface area contributed by atoms with Gasteiger partial charge in [-0.3, -0.25) is 9.44 Å². The monoisotopic (exact) mass is 465 g/mol. The summed E-state index contributed by atoms with van der Waals surface area (Å²) in [5, 5.41) is 14.6. The van der Waals surface area contributed by atoms with Gasteiger partial charge in [-0.2, -0.15) is 0 Å². The molecule has 0 amide bonds. The number of carbonyl (C=O) groups is 1. The molecule has 0 radical (unpaired) electrons. The molecule has 0 saturated heterocycles. The molecule has 9 rings (SSSR count). The SMILES string of the molecule is Cc1cc([N+]([O-])(c2ccccc2)c2ccccc2)cc(C)c1OC(=O)C12CC3CC4(CC(C1)C34)C2. The number of quaternary nitrogens is 1. The number of aryl methyl sites for hydroxylation is 2. The molecule has 3 aromatic rings. The molecule has 5 bridgehead atoms. The van der Waals surface area contributed by atoms with Gasteiger partial charge >= 0.3 is 5.97 Å². The first-order valence-corrected chi connectivity index (χ1v) is 12.9. The molecule has 0 N–H and O–H groups in total. The number of ether oxygens (including phenoxy) is 1. The summed E-state index contributed by atoms with van der Waals surface area (Å²) in [6, 6.07) is 22.7. The molecule has 1 spiro atoms. The smallest absolute Gasteiger partial charge is 0.317 e. The van der Waals surface area contributed by atoms with Crippen molar-refractivity contribution in [2.45, 2.75) is 46.0 Å². The molecule has 3 aromatic carbocycles. The standard InChI is InChI=1S/C31H31NO3/c1-20-13-26(32(34,24-9-5-3-6-10-24)25-11-7-4-8-12-25)14-21(2)28(20)35-29(33)31-17-22-15-30(19-31)16-23(18-31)27(22)30/h3-14,22-23,27H,15-19H2,1-2H3. The molecule has 0 heterocycles. The lowest BCUT2D eigenvalue weighted by Gasteiger charge is -2.79. The highest BCUT2D eigenvalue weighted by atomic mass is 16.5. The number of esters is 1. The molecule has 178 valence electrons.